The number of pyridine rings is 1. The van der Waals surface area contributed by atoms with E-state index in [0.29, 0.717) is 16.6 Å². The van der Waals surface area contributed by atoms with Gasteiger partial charge in [-0.3, -0.25) is 14.7 Å². The maximum Gasteiger partial charge on any atom is 0.255 e. The van der Waals surface area contributed by atoms with E-state index in [1.54, 1.807) is 12.3 Å². The molecule has 1 saturated heterocycles. The van der Waals surface area contributed by atoms with Gasteiger partial charge in [-0.25, -0.2) is 0 Å². The molecule has 1 unspecified atom stereocenters. The summed E-state index contributed by atoms with van der Waals surface area (Å²) < 4.78 is 0. The Labute approximate surface area is 113 Å². The van der Waals surface area contributed by atoms with Crippen molar-refractivity contribution in [1.29, 1.82) is 0 Å². The Morgan fingerprint density at radius 1 is 1.56 bits per heavy atom. The number of amides is 1. The van der Waals surface area contributed by atoms with Crippen molar-refractivity contribution in [2.24, 2.45) is 0 Å². The Balaban J connectivity index is 2.13. The standard InChI is InChI=1S/C13H18ClN3O/c1-3-10-9-17(7-6-16(10)2)13(18)11-4-5-15-8-12(11)14/h4-5,8,10H,3,6-7,9H2,1-2H3. The molecule has 1 aliphatic heterocycles. The van der Waals surface area contributed by atoms with Gasteiger partial charge in [0, 0.05) is 38.1 Å². The first-order chi connectivity index (χ1) is 8.63. The molecular weight excluding hydrogens is 250 g/mol. The van der Waals surface area contributed by atoms with E-state index in [4.69, 9.17) is 11.6 Å². The fourth-order valence-electron chi connectivity index (χ4n) is 2.29. The predicted molar refractivity (Wildman–Crippen MR) is 71.9 cm³/mol. The SMILES string of the molecule is CCC1CN(C(=O)c2ccncc2Cl)CCN1C. The third kappa shape index (κ3) is 2.65. The molecule has 0 radical (unpaired) electrons. The number of carbonyl (C=O) groups is 1. The number of piperazine rings is 1. The van der Waals surface area contributed by atoms with Gasteiger partial charge in [0.15, 0.2) is 0 Å². The Morgan fingerprint density at radius 2 is 2.33 bits per heavy atom. The Morgan fingerprint density at radius 3 is 3.00 bits per heavy atom. The second-order valence-corrected chi connectivity index (χ2v) is 5.06. The molecule has 2 heterocycles. The molecule has 0 aromatic carbocycles. The van der Waals surface area contributed by atoms with E-state index in [2.05, 4.69) is 23.9 Å². The Hall–Kier alpha value is -1.13. The van der Waals surface area contributed by atoms with Gasteiger partial charge in [-0.1, -0.05) is 18.5 Å². The highest BCUT2D eigenvalue weighted by Crippen LogP contribution is 2.18. The first kappa shape index (κ1) is 13.3. The van der Waals surface area contributed by atoms with Crippen molar-refractivity contribution < 1.29 is 4.79 Å². The molecule has 0 spiro atoms. The average molecular weight is 268 g/mol. The maximum atomic E-state index is 12.4. The van der Waals surface area contributed by atoms with E-state index < -0.39 is 0 Å². The zero-order valence-electron chi connectivity index (χ0n) is 10.8. The smallest absolute Gasteiger partial charge is 0.255 e. The number of halogens is 1. The highest BCUT2D eigenvalue weighted by molar-refractivity contribution is 6.33. The highest BCUT2D eigenvalue weighted by atomic mass is 35.5. The number of nitrogens with zero attached hydrogens (tertiary/aromatic N) is 3. The molecule has 1 amide bonds. The van der Waals surface area contributed by atoms with Crippen molar-refractivity contribution in [3.63, 3.8) is 0 Å². The summed E-state index contributed by atoms with van der Waals surface area (Å²) in [6.45, 7) is 4.58. The third-order valence-electron chi connectivity index (χ3n) is 3.54. The summed E-state index contributed by atoms with van der Waals surface area (Å²) >= 11 is 6.02. The monoisotopic (exact) mass is 267 g/mol. The van der Waals surface area contributed by atoms with Crippen LogP contribution in [0.2, 0.25) is 5.02 Å². The lowest BCUT2D eigenvalue weighted by Crippen LogP contribution is -2.53. The first-order valence-corrected chi connectivity index (χ1v) is 6.60. The second kappa shape index (κ2) is 5.67. The van der Waals surface area contributed by atoms with Crippen molar-refractivity contribution in [2.75, 3.05) is 26.7 Å². The summed E-state index contributed by atoms with van der Waals surface area (Å²) in [6.07, 6.45) is 4.17. The second-order valence-electron chi connectivity index (χ2n) is 4.65. The summed E-state index contributed by atoms with van der Waals surface area (Å²) in [6, 6.07) is 2.12. The van der Waals surface area contributed by atoms with Crippen molar-refractivity contribution in [3.8, 4) is 0 Å². The van der Waals surface area contributed by atoms with E-state index in [1.165, 1.54) is 6.20 Å². The zero-order valence-corrected chi connectivity index (χ0v) is 11.5. The third-order valence-corrected chi connectivity index (χ3v) is 3.84. The van der Waals surface area contributed by atoms with Crippen LogP contribution in [-0.2, 0) is 0 Å². The summed E-state index contributed by atoms with van der Waals surface area (Å²) in [5, 5.41) is 0.425. The van der Waals surface area contributed by atoms with Crippen molar-refractivity contribution in [2.45, 2.75) is 19.4 Å². The van der Waals surface area contributed by atoms with Gasteiger partial charge in [0.2, 0.25) is 0 Å². The molecule has 1 aliphatic rings. The fourth-order valence-corrected chi connectivity index (χ4v) is 2.49. The fraction of sp³-hybridized carbons (Fsp3) is 0.538. The first-order valence-electron chi connectivity index (χ1n) is 6.22. The van der Waals surface area contributed by atoms with Gasteiger partial charge >= 0.3 is 0 Å². The summed E-state index contributed by atoms with van der Waals surface area (Å²) in [4.78, 5) is 20.5. The minimum atomic E-state index is 0.00829. The summed E-state index contributed by atoms with van der Waals surface area (Å²) in [7, 11) is 2.11. The number of aromatic nitrogens is 1. The molecule has 1 aromatic rings. The normalized spacial score (nSPS) is 21.1. The number of hydrogen-bond donors (Lipinski definition) is 0. The molecule has 0 bridgehead atoms. The predicted octanol–water partition coefficient (Wildman–Crippen LogP) is 1.90. The lowest BCUT2D eigenvalue weighted by atomic mass is 10.1. The van der Waals surface area contributed by atoms with Crippen LogP contribution in [-0.4, -0.2) is 53.4 Å². The van der Waals surface area contributed by atoms with Gasteiger partial charge in [0.1, 0.15) is 0 Å². The van der Waals surface area contributed by atoms with E-state index in [-0.39, 0.29) is 5.91 Å². The Bertz CT molecular complexity index is 438. The van der Waals surface area contributed by atoms with Gasteiger partial charge in [0.25, 0.3) is 5.91 Å². The number of carbonyl (C=O) groups excluding carboxylic acids is 1. The molecule has 0 saturated carbocycles. The molecule has 4 nitrogen and oxygen atoms in total. The summed E-state index contributed by atoms with van der Waals surface area (Å²) in [5.41, 5.74) is 0.547. The van der Waals surface area contributed by atoms with Gasteiger partial charge in [-0.05, 0) is 19.5 Å². The lowest BCUT2D eigenvalue weighted by Gasteiger charge is -2.39. The van der Waals surface area contributed by atoms with Crippen LogP contribution < -0.4 is 0 Å². The molecule has 0 N–H and O–H groups in total. The van der Waals surface area contributed by atoms with Crippen LogP contribution in [0.1, 0.15) is 23.7 Å². The molecule has 1 aromatic heterocycles. The topological polar surface area (TPSA) is 36.4 Å². The number of likely N-dealkylation sites (N-methyl/N-ethyl adjacent to an activating group) is 1. The van der Waals surface area contributed by atoms with Crippen LogP contribution in [0, 0.1) is 0 Å². The molecule has 98 valence electrons. The maximum absolute atomic E-state index is 12.4. The number of rotatable bonds is 2. The van der Waals surface area contributed by atoms with E-state index in [1.807, 2.05) is 4.90 Å². The van der Waals surface area contributed by atoms with Crippen molar-refractivity contribution in [1.82, 2.24) is 14.8 Å². The van der Waals surface area contributed by atoms with Gasteiger partial charge in [-0.15, -0.1) is 0 Å². The van der Waals surface area contributed by atoms with Crippen molar-refractivity contribution in [3.05, 3.63) is 29.0 Å². The lowest BCUT2D eigenvalue weighted by molar-refractivity contribution is 0.0542. The minimum absolute atomic E-state index is 0.00829. The number of hydrogen-bond acceptors (Lipinski definition) is 3. The molecule has 5 heteroatoms. The molecule has 1 atom stereocenters. The molecule has 1 fully saturated rings. The van der Waals surface area contributed by atoms with Crippen LogP contribution >= 0.6 is 11.6 Å². The van der Waals surface area contributed by atoms with Gasteiger partial charge < -0.3 is 4.90 Å². The largest absolute Gasteiger partial charge is 0.336 e. The molecule has 18 heavy (non-hydrogen) atoms. The zero-order chi connectivity index (χ0) is 13.1. The van der Waals surface area contributed by atoms with Crippen LogP contribution in [0.25, 0.3) is 0 Å². The van der Waals surface area contributed by atoms with Crippen LogP contribution in [0.15, 0.2) is 18.5 Å². The van der Waals surface area contributed by atoms with Gasteiger partial charge in [0.05, 0.1) is 10.6 Å². The molecule has 2 rings (SSSR count). The average Bonchev–Trinajstić information content (AvgIpc) is 2.39. The Kier molecular flexibility index (Phi) is 4.19. The van der Waals surface area contributed by atoms with E-state index in [9.17, 15) is 4.79 Å². The quantitative estimate of drug-likeness (QED) is 0.821. The van der Waals surface area contributed by atoms with Crippen molar-refractivity contribution >= 4 is 17.5 Å². The van der Waals surface area contributed by atoms with E-state index >= 15 is 0 Å². The summed E-state index contributed by atoms with van der Waals surface area (Å²) in [5.74, 6) is 0.00829. The molecular formula is C13H18ClN3O. The van der Waals surface area contributed by atoms with E-state index in [0.717, 1.165) is 26.1 Å². The van der Waals surface area contributed by atoms with Gasteiger partial charge in [-0.2, -0.15) is 0 Å². The van der Waals surface area contributed by atoms with Crippen LogP contribution in [0.3, 0.4) is 0 Å². The van der Waals surface area contributed by atoms with Crippen LogP contribution in [0.5, 0.6) is 0 Å². The van der Waals surface area contributed by atoms with Crippen LogP contribution in [0.4, 0.5) is 0 Å². The molecule has 0 aliphatic carbocycles. The minimum Gasteiger partial charge on any atom is -0.336 e. The highest BCUT2D eigenvalue weighted by Gasteiger charge is 2.27.